The van der Waals surface area contributed by atoms with Gasteiger partial charge in [-0.05, 0) is 42.8 Å². The summed E-state index contributed by atoms with van der Waals surface area (Å²) in [4.78, 5) is 11.9. The van der Waals surface area contributed by atoms with Crippen LogP contribution in [0, 0.1) is 11.6 Å². The maximum absolute atomic E-state index is 13.5. The predicted octanol–water partition coefficient (Wildman–Crippen LogP) is 5.42. The number of carbonyl (C=O) groups excluding carboxylic acids is 1. The van der Waals surface area contributed by atoms with Crippen LogP contribution in [0.5, 0.6) is 0 Å². The summed E-state index contributed by atoms with van der Waals surface area (Å²) in [6, 6.07) is 8.32. The number of esters is 1. The summed E-state index contributed by atoms with van der Waals surface area (Å²) in [7, 11) is 0. The van der Waals surface area contributed by atoms with E-state index in [1.54, 1.807) is 24.3 Å². The van der Waals surface area contributed by atoms with E-state index in [1.807, 2.05) is 0 Å². The molecule has 2 rings (SSSR count). The van der Waals surface area contributed by atoms with Crippen LogP contribution in [0.3, 0.4) is 0 Å². The Hall–Kier alpha value is -1.91. The molecule has 0 amide bonds. The Morgan fingerprint density at radius 2 is 1.78 bits per heavy atom. The molecule has 0 atom stereocenters. The van der Waals surface area contributed by atoms with E-state index in [0.29, 0.717) is 15.6 Å². The molecule has 0 N–H and O–H groups in total. The van der Waals surface area contributed by atoms with Gasteiger partial charge in [0.2, 0.25) is 0 Å². The lowest BCUT2D eigenvalue weighted by molar-refractivity contribution is -0.140. The van der Waals surface area contributed by atoms with Gasteiger partial charge in [0.25, 0.3) is 0 Å². The monoisotopic (exact) mass is 356 g/mol. The first-order valence-electron chi connectivity index (χ1n) is 6.62. The third-order valence-electron chi connectivity index (χ3n) is 3.06. The van der Waals surface area contributed by atoms with Gasteiger partial charge in [-0.3, -0.25) is 0 Å². The zero-order valence-corrected chi connectivity index (χ0v) is 13.6. The summed E-state index contributed by atoms with van der Waals surface area (Å²) in [6.07, 6.45) is 1.54. The quantitative estimate of drug-likeness (QED) is 0.540. The van der Waals surface area contributed by atoms with Crippen LogP contribution in [-0.2, 0) is 16.1 Å². The van der Waals surface area contributed by atoms with E-state index in [0.717, 1.165) is 12.1 Å². The highest BCUT2D eigenvalue weighted by atomic mass is 35.5. The largest absolute Gasteiger partial charge is 0.457 e. The molecule has 0 aliphatic rings. The van der Waals surface area contributed by atoms with Crippen molar-refractivity contribution in [3.05, 3.63) is 74.8 Å². The van der Waals surface area contributed by atoms with Crippen molar-refractivity contribution in [2.75, 3.05) is 0 Å². The highest BCUT2D eigenvalue weighted by molar-refractivity contribution is 6.42. The molecule has 6 heteroatoms. The molecule has 0 saturated heterocycles. The lowest BCUT2D eigenvalue weighted by atomic mass is 10.1. The standard InChI is InChI=1S/C17H12Cl2F2O2/c1-10(7-11-5-6-13(18)14(19)8-11)17(22)23-9-12-15(20)3-2-4-16(12)21/h2-8H,9H2,1H3/b10-7+. The van der Waals surface area contributed by atoms with Crippen molar-refractivity contribution in [3.63, 3.8) is 0 Å². The van der Waals surface area contributed by atoms with Crippen LogP contribution in [0.25, 0.3) is 6.08 Å². The molecule has 2 aromatic rings. The van der Waals surface area contributed by atoms with Crippen molar-refractivity contribution in [3.8, 4) is 0 Å². The minimum atomic E-state index is -0.760. The van der Waals surface area contributed by atoms with Crippen LogP contribution in [0.4, 0.5) is 8.78 Å². The van der Waals surface area contributed by atoms with Crippen LogP contribution >= 0.6 is 23.2 Å². The maximum atomic E-state index is 13.5. The Morgan fingerprint density at radius 3 is 2.39 bits per heavy atom. The Morgan fingerprint density at radius 1 is 1.13 bits per heavy atom. The summed E-state index contributed by atoms with van der Waals surface area (Å²) in [6.45, 7) is 1.05. The van der Waals surface area contributed by atoms with Crippen molar-refractivity contribution in [1.29, 1.82) is 0 Å². The van der Waals surface area contributed by atoms with Crippen LogP contribution in [0.1, 0.15) is 18.1 Å². The number of rotatable bonds is 4. The van der Waals surface area contributed by atoms with E-state index >= 15 is 0 Å². The van der Waals surface area contributed by atoms with Gasteiger partial charge in [-0.1, -0.05) is 35.3 Å². The lowest BCUT2D eigenvalue weighted by Crippen LogP contribution is -2.08. The van der Waals surface area contributed by atoms with Gasteiger partial charge in [-0.2, -0.15) is 0 Å². The molecule has 0 aromatic heterocycles. The number of carbonyl (C=O) groups is 1. The van der Waals surface area contributed by atoms with E-state index in [-0.39, 0.29) is 11.1 Å². The fourth-order valence-electron chi connectivity index (χ4n) is 1.83. The molecule has 0 fully saturated rings. The van der Waals surface area contributed by atoms with Crippen LogP contribution in [-0.4, -0.2) is 5.97 Å². The molecular weight excluding hydrogens is 345 g/mol. The molecule has 2 nitrogen and oxygen atoms in total. The first-order chi connectivity index (χ1) is 10.9. The Kier molecular flexibility index (Phi) is 5.74. The van der Waals surface area contributed by atoms with E-state index in [2.05, 4.69) is 0 Å². The van der Waals surface area contributed by atoms with Gasteiger partial charge in [0.05, 0.1) is 15.6 Å². The fourth-order valence-corrected chi connectivity index (χ4v) is 2.14. The molecule has 0 radical (unpaired) electrons. The van der Waals surface area contributed by atoms with Crippen LogP contribution in [0.15, 0.2) is 42.0 Å². The van der Waals surface area contributed by atoms with Crippen molar-refractivity contribution in [2.24, 2.45) is 0 Å². The summed E-state index contributed by atoms with van der Waals surface area (Å²) in [5, 5.41) is 0.758. The average molecular weight is 357 g/mol. The van der Waals surface area contributed by atoms with E-state index in [1.165, 1.54) is 13.0 Å². The van der Waals surface area contributed by atoms with Gasteiger partial charge in [0, 0.05) is 5.57 Å². The lowest BCUT2D eigenvalue weighted by Gasteiger charge is -2.07. The fraction of sp³-hybridized carbons (Fsp3) is 0.118. The molecule has 0 aliphatic heterocycles. The molecule has 120 valence electrons. The minimum absolute atomic E-state index is 0.264. The van der Waals surface area contributed by atoms with Gasteiger partial charge in [0.1, 0.15) is 18.2 Å². The Bertz CT molecular complexity index is 753. The average Bonchev–Trinajstić information content (AvgIpc) is 2.50. The van der Waals surface area contributed by atoms with Crippen LogP contribution in [0.2, 0.25) is 10.0 Å². The van der Waals surface area contributed by atoms with Crippen molar-refractivity contribution < 1.29 is 18.3 Å². The van der Waals surface area contributed by atoms with Gasteiger partial charge >= 0.3 is 5.97 Å². The molecule has 0 saturated carbocycles. The molecule has 0 spiro atoms. The summed E-state index contributed by atoms with van der Waals surface area (Å²) in [5.74, 6) is -2.20. The predicted molar refractivity (Wildman–Crippen MR) is 86.3 cm³/mol. The molecular formula is C17H12Cl2F2O2. The van der Waals surface area contributed by atoms with E-state index < -0.39 is 24.2 Å². The van der Waals surface area contributed by atoms with Gasteiger partial charge in [-0.25, -0.2) is 13.6 Å². The molecule has 0 aliphatic carbocycles. The zero-order valence-electron chi connectivity index (χ0n) is 12.1. The van der Waals surface area contributed by atoms with Crippen molar-refractivity contribution in [1.82, 2.24) is 0 Å². The van der Waals surface area contributed by atoms with Crippen LogP contribution < -0.4 is 0 Å². The van der Waals surface area contributed by atoms with E-state index in [9.17, 15) is 13.6 Å². The highest BCUT2D eigenvalue weighted by Crippen LogP contribution is 2.24. The molecule has 23 heavy (non-hydrogen) atoms. The topological polar surface area (TPSA) is 26.3 Å². The number of benzene rings is 2. The first kappa shape index (κ1) is 17.4. The highest BCUT2D eigenvalue weighted by Gasteiger charge is 2.12. The number of ether oxygens (including phenoxy) is 1. The summed E-state index contributed by atoms with van der Waals surface area (Å²) in [5.41, 5.74) is 0.634. The van der Waals surface area contributed by atoms with Gasteiger partial charge < -0.3 is 4.74 Å². The third kappa shape index (κ3) is 4.53. The number of hydrogen-bond donors (Lipinski definition) is 0. The van der Waals surface area contributed by atoms with Gasteiger partial charge in [-0.15, -0.1) is 0 Å². The smallest absolute Gasteiger partial charge is 0.334 e. The Balaban J connectivity index is 2.08. The second-order valence-electron chi connectivity index (χ2n) is 4.78. The summed E-state index contributed by atoms with van der Waals surface area (Å²) < 4.78 is 31.8. The SMILES string of the molecule is C/C(=C\c1ccc(Cl)c(Cl)c1)C(=O)OCc1c(F)cccc1F. The Labute approximate surface area is 142 Å². The molecule has 0 bridgehead atoms. The second kappa shape index (κ2) is 7.57. The van der Waals surface area contributed by atoms with Gasteiger partial charge in [0.15, 0.2) is 0 Å². The minimum Gasteiger partial charge on any atom is -0.457 e. The molecule has 0 heterocycles. The molecule has 0 unspecified atom stereocenters. The third-order valence-corrected chi connectivity index (χ3v) is 3.80. The zero-order chi connectivity index (χ0) is 17.0. The number of hydrogen-bond acceptors (Lipinski definition) is 2. The normalized spacial score (nSPS) is 11.4. The first-order valence-corrected chi connectivity index (χ1v) is 7.37. The number of halogens is 4. The summed E-state index contributed by atoms with van der Waals surface area (Å²) >= 11 is 11.7. The van der Waals surface area contributed by atoms with Crippen molar-refractivity contribution >= 4 is 35.2 Å². The van der Waals surface area contributed by atoms with E-state index in [4.69, 9.17) is 27.9 Å². The maximum Gasteiger partial charge on any atom is 0.334 e. The molecule has 2 aromatic carbocycles. The van der Waals surface area contributed by atoms with Crippen molar-refractivity contribution in [2.45, 2.75) is 13.5 Å². The second-order valence-corrected chi connectivity index (χ2v) is 5.59.